The minimum absolute atomic E-state index is 0.146. The number of ether oxygens (including phenoxy) is 2. The lowest BCUT2D eigenvalue weighted by Crippen LogP contribution is -2.17. The first-order chi connectivity index (χ1) is 14.7. The van der Waals surface area contributed by atoms with Gasteiger partial charge in [-0.25, -0.2) is 0 Å². The van der Waals surface area contributed by atoms with Crippen LogP contribution < -0.4 is 20.1 Å². The molecule has 160 valence electrons. The highest BCUT2D eigenvalue weighted by Gasteiger charge is 2.31. The van der Waals surface area contributed by atoms with E-state index in [1.54, 1.807) is 24.3 Å². The summed E-state index contributed by atoms with van der Waals surface area (Å²) in [4.78, 5) is 24.7. The zero-order valence-electron chi connectivity index (χ0n) is 16.2. The number of alkyl halides is 3. The molecule has 0 saturated carbocycles. The second-order valence-electron chi connectivity index (χ2n) is 6.26. The number of benzene rings is 3. The molecule has 0 heterocycles. The standard InChI is InChI=1S/C22H17F3N2O4/c1-30-19-5-3-2-4-18(19)27-21(29)14-6-10-16(11-7-14)26-20(28)15-8-12-17(13-9-15)31-22(23,24)25/h2-13H,1H3,(H,26,28)(H,27,29). The van der Waals surface area contributed by atoms with Gasteiger partial charge >= 0.3 is 6.36 Å². The van der Waals surface area contributed by atoms with Crippen molar-refractivity contribution in [1.82, 2.24) is 0 Å². The van der Waals surface area contributed by atoms with Crippen molar-refractivity contribution >= 4 is 23.2 Å². The predicted molar refractivity (Wildman–Crippen MR) is 108 cm³/mol. The van der Waals surface area contributed by atoms with Crippen LogP contribution in [0.2, 0.25) is 0 Å². The molecule has 0 aromatic heterocycles. The molecule has 2 amide bonds. The number of nitrogens with one attached hydrogen (secondary N) is 2. The fraction of sp³-hybridized carbons (Fsp3) is 0.0909. The SMILES string of the molecule is COc1ccccc1NC(=O)c1ccc(NC(=O)c2ccc(OC(F)(F)F)cc2)cc1. The molecule has 6 nitrogen and oxygen atoms in total. The van der Waals surface area contributed by atoms with Crippen molar-refractivity contribution in [3.63, 3.8) is 0 Å². The number of hydrogen-bond donors (Lipinski definition) is 2. The Morgan fingerprint density at radius 1 is 0.774 bits per heavy atom. The second kappa shape index (κ2) is 9.21. The van der Waals surface area contributed by atoms with Gasteiger partial charge in [0.05, 0.1) is 12.8 Å². The van der Waals surface area contributed by atoms with E-state index in [4.69, 9.17) is 4.74 Å². The summed E-state index contributed by atoms with van der Waals surface area (Å²) >= 11 is 0. The minimum Gasteiger partial charge on any atom is -0.495 e. The van der Waals surface area contributed by atoms with Gasteiger partial charge in [0.15, 0.2) is 0 Å². The first kappa shape index (κ1) is 21.7. The lowest BCUT2D eigenvalue weighted by molar-refractivity contribution is -0.274. The van der Waals surface area contributed by atoms with Gasteiger partial charge in [0.25, 0.3) is 11.8 Å². The molecule has 2 N–H and O–H groups in total. The maximum atomic E-state index is 12.4. The quantitative estimate of drug-likeness (QED) is 0.571. The number of carbonyl (C=O) groups excluding carboxylic acids is 2. The van der Waals surface area contributed by atoms with Crippen molar-refractivity contribution in [2.75, 3.05) is 17.7 Å². The molecule has 31 heavy (non-hydrogen) atoms. The Kier molecular flexibility index (Phi) is 6.44. The molecular formula is C22H17F3N2O4. The van der Waals surface area contributed by atoms with E-state index in [2.05, 4.69) is 15.4 Å². The van der Waals surface area contributed by atoms with E-state index in [1.165, 1.54) is 43.5 Å². The fourth-order valence-corrected chi connectivity index (χ4v) is 2.66. The van der Waals surface area contributed by atoms with Gasteiger partial charge in [-0.3, -0.25) is 9.59 Å². The first-order valence-corrected chi connectivity index (χ1v) is 8.97. The smallest absolute Gasteiger partial charge is 0.495 e. The van der Waals surface area contributed by atoms with Crippen molar-refractivity contribution < 1.29 is 32.2 Å². The van der Waals surface area contributed by atoms with Gasteiger partial charge in [-0.1, -0.05) is 12.1 Å². The lowest BCUT2D eigenvalue weighted by Gasteiger charge is -2.11. The highest BCUT2D eigenvalue weighted by Crippen LogP contribution is 2.25. The van der Waals surface area contributed by atoms with Crippen LogP contribution in [0.3, 0.4) is 0 Å². The number of methoxy groups -OCH3 is 1. The van der Waals surface area contributed by atoms with Gasteiger partial charge in [0.2, 0.25) is 0 Å². The summed E-state index contributed by atoms with van der Waals surface area (Å²) in [6.45, 7) is 0. The predicted octanol–water partition coefficient (Wildman–Crippen LogP) is 5.10. The largest absolute Gasteiger partial charge is 0.573 e. The third-order valence-electron chi connectivity index (χ3n) is 4.11. The van der Waals surface area contributed by atoms with E-state index in [1.807, 2.05) is 0 Å². The summed E-state index contributed by atoms with van der Waals surface area (Å²) in [5.74, 6) is -0.784. The van der Waals surface area contributed by atoms with Crippen LogP contribution in [0.5, 0.6) is 11.5 Å². The zero-order valence-corrected chi connectivity index (χ0v) is 16.2. The molecule has 0 aliphatic rings. The number of hydrogen-bond acceptors (Lipinski definition) is 4. The van der Waals surface area contributed by atoms with Crippen molar-refractivity contribution in [2.45, 2.75) is 6.36 Å². The topological polar surface area (TPSA) is 76.7 Å². The molecular weight excluding hydrogens is 413 g/mol. The van der Waals surface area contributed by atoms with Crippen LogP contribution >= 0.6 is 0 Å². The monoisotopic (exact) mass is 430 g/mol. The molecule has 0 bridgehead atoms. The van der Waals surface area contributed by atoms with Crippen LogP contribution in [0.4, 0.5) is 24.5 Å². The minimum atomic E-state index is -4.80. The van der Waals surface area contributed by atoms with E-state index in [-0.39, 0.29) is 11.5 Å². The van der Waals surface area contributed by atoms with E-state index in [0.717, 1.165) is 12.1 Å². The summed E-state index contributed by atoms with van der Waals surface area (Å²) in [7, 11) is 1.50. The molecule has 3 aromatic carbocycles. The van der Waals surface area contributed by atoms with Gasteiger partial charge < -0.3 is 20.1 Å². The molecule has 9 heteroatoms. The van der Waals surface area contributed by atoms with Crippen molar-refractivity contribution in [1.29, 1.82) is 0 Å². The highest BCUT2D eigenvalue weighted by atomic mass is 19.4. The molecule has 0 aliphatic heterocycles. The van der Waals surface area contributed by atoms with Gasteiger partial charge in [-0.15, -0.1) is 13.2 Å². The summed E-state index contributed by atoms with van der Waals surface area (Å²) in [6.07, 6.45) is -4.80. The van der Waals surface area contributed by atoms with Gasteiger partial charge in [0, 0.05) is 16.8 Å². The third kappa shape index (κ3) is 5.99. The molecule has 0 spiro atoms. The molecule has 0 unspecified atom stereocenters. The van der Waals surface area contributed by atoms with Crippen LogP contribution in [0.25, 0.3) is 0 Å². The highest BCUT2D eigenvalue weighted by molar-refractivity contribution is 6.06. The average molecular weight is 430 g/mol. The maximum absolute atomic E-state index is 12.4. The molecule has 0 saturated heterocycles. The Hall–Kier alpha value is -4.01. The van der Waals surface area contributed by atoms with Gasteiger partial charge in [0.1, 0.15) is 11.5 Å². The first-order valence-electron chi connectivity index (χ1n) is 8.97. The summed E-state index contributed by atoms with van der Waals surface area (Å²) in [5, 5.41) is 5.35. The van der Waals surface area contributed by atoms with E-state index >= 15 is 0 Å². The van der Waals surface area contributed by atoms with Crippen LogP contribution in [-0.4, -0.2) is 25.3 Å². The lowest BCUT2D eigenvalue weighted by atomic mass is 10.1. The maximum Gasteiger partial charge on any atom is 0.573 e. The Balaban J connectivity index is 1.62. The Morgan fingerprint density at radius 3 is 1.90 bits per heavy atom. The third-order valence-corrected chi connectivity index (χ3v) is 4.11. The normalized spacial score (nSPS) is 10.8. The van der Waals surface area contributed by atoms with E-state index in [9.17, 15) is 22.8 Å². The van der Waals surface area contributed by atoms with Crippen LogP contribution in [0.1, 0.15) is 20.7 Å². The second-order valence-corrected chi connectivity index (χ2v) is 6.26. The van der Waals surface area contributed by atoms with Gasteiger partial charge in [-0.05, 0) is 60.7 Å². The summed E-state index contributed by atoms with van der Waals surface area (Å²) in [6, 6.07) is 17.6. The van der Waals surface area contributed by atoms with Crippen molar-refractivity contribution in [2.24, 2.45) is 0 Å². The molecule has 0 aliphatic carbocycles. The fourth-order valence-electron chi connectivity index (χ4n) is 2.66. The van der Waals surface area contributed by atoms with Crippen molar-refractivity contribution in [3.05, 3.63) is 83.9 Å². The number of rotatable bonds is 6. The number of halogens is 3. The summed E-state index contributed by atoms with van der Waals surface area (Å²) < 4.78 is 45.6. The summed E-state index contributed by atoms with van der Waals surface area (Å²) in [5.41, 5.74) is 1.44. The number of para-hydroxylation sites is 2. The van der Waals surface area contributed by atoms with Crippen LogP contribution in [0.15, 0.2) is 72.8 Å². The average Bonchev–Trinajstić information content (AvgIpc) is 2.74. The molecule has 0 radical (unpaired) electrons. The van der Waals surface area contributed by atoms with E-state index < -0.39 is 18.0 Å². The molecule has 0 fully saturated rings. The molecule has 3 aromatic rings. The number of amides is 2. The Labute approximate surface area is 175 Å². The van der Waals surface area contributed by atoms with Crippen LogP contribution in [-0.2, 0) is 0 Å². The number of carbonyl (C=O) groups is 2. The number of anilines is 2. The Bertz CT molecular complexity index is 1070. The molecule has 3 rings (SSSR count). The Morgan fingerprint density at radius 2 is 1.32 bits per heavy atom. The zero-order chi connectivity index (χ0) is 22.4. The van der Waals surface area contributed by atoms with Crippen molar-refractivity contribution in [3.8, 4) is 11.5 Å². The van der Waals surface area contributed by atoms with Crippen LogP contribution in [0, 0.1) is 0 Å². The molecule has 0 atom stereocenters. The van der Waals surface area contributed by atoms with Gasteiger partial charge in [-0.2, -0.15) is 0 Å². The van der Waals surface area contributed by atoms with E-state index in [0.29, 0.717) is 22.7 Å².